The van der Waals surface area contributed by atoms with E-state index in [1.807, 2.05) is 25.1 Å². The molecule has 0 spiro atoms. The molecule has 0 aliphatic heterocycles. The van der Waals surface area contributed by atoms with Gasteiger partial charge in [0.2, 0.25) is 0 Å². The standard InChI is InChI=1S/C19H19N3O4/c1-21(2)17-11-18(25-3)14(10-19(17)26-4)9-15(12-20)13-5-7-16(8-6-13)22(23)24/h5-11H,1-4H3/b15-9+. The number of allylic oxidation sites excluding steroid dienone is 1. The van der Waals surface area contributed by atoms with Gasteiger partial charge >= 0.3 is 0 Å². The molecule has 0 aliphatic carbocycles. The van der Waals surface area contributed by atoms with Crippen LogP contribution in [0, 0.1) is 21.4 Å². The van der Waals surface area contributed by atoms with Crippen LogP contribution < -0.4 is 14.4 Å². The molecule has 0 saturated carbocycles. The van der Waals surface area contributed by atoms with Crippen molar-refractivity contribution in [2.24, 2.45) is 0 Å². The second-order valence-corrected chi connectivity index (χ2v) is 5.63. The molecule has 2 rings (SSSR count). The van der Waals surface area contributed by atoms with Gasteiger partial charge in [-0.25, -0.2) is 0 Å². The summed E-state index contributed by atoms with van der Waals surface area (Å²) in [6.45, 7) is 0. The Hall–Kier alpha value is -3.53. The maximum absolute atomic E-state index is 10.8. The number of nitro benzene ring substituents is 1. The van der Waals surface area contributed by atoms with Gasteiger partial charge in [-0.3, -0.25) is 10.1 Å². The van der Waals surface area contributed by atoms with Crippen molar-refractivity contribution in [1.82, 2.24) is 0 Å². The van der Waals surface area contributed by atoms with Crippen LogP contribution in [0.1, 0.15) is 11.1 Å². The summed E-state index contributed by atoms with van der Waals surface area (Å²) in [5, 5.41) is 20.3. The number of nitrogens with zero attached hydrogens (tertiary/aromatic N) is 3. The molecule has 0 aromatic heterocycles. The molecule has 0 amide bonds. The lowest BCUT2D eigenvalue weighted by molar-refractivity contribution is -0.384. The van der Waals surface area contributed by atoms with E-state index >= 15 is 0 Å². The molecule has 0 atom stereocenters. The largest absolute Gasteiger partial charge is 0.496 e. The minimum Gasteiger partial charge on any atom is -0.496 e. The highest BCUT2D eigenvalue weighted by atomic mass is 16.6. The van der Waals surface area contributed by atoms with Crippen molar-refractivity contribution < 1.29 is 14.4 Å². The fourth-order valence-electron chi connectivity index (χ4n) is 2.47. The first-order chi connectivity index (χ1) is 12.4. The van der Waals surface area contributed by atoms with E-state index in [9.17, 15) is 15.4 Å². The molecule has 7 nitrogen and oxygen atoms in total. The number of methoxy groups -OCH3 is 2. The normalized spacial score (nSPS) is 10.8. The summed E-state index contributed by atoms with van der Waals surface area (Å²) in [4.78, 5) is 12.2. The minimum atomic E-state index is -0.479. The van der Waals surface area contributed by atoms with Crippen molar-refractivity contribution in [3.05, 3.63) is 57.6 Å². The minimum absolute atomic E-state index is 0.0272. The molecule has 0 heterocycles. The Bertz CT molecular complexity index is 881. The molecule has 26 heavy (non-hydrogen) atoms. The molecule has 2 aromatic rings. The summed E-state index contributed by atoms with van der Waals surface area (Å²) in [5.74, 6) is 1.23. The molecule has 0 radical (unpaired) electrons. The number of hydrogen-bond acceptors (Lipinski definition) is 6. The number of anilines is 1. The molecule has 0 fully saturated rings. The summed E-state index contributed by atoms with van der Waals surface area (Å²) in [6.07, 6.45) is 1.67. The van der Waals surface area contributed by atoms with Crippen molar-refractivity contribution in [3.8, 4) is 17.6 Å². The summed E-state index contributed by atoms with van der Waals surface area (Å²) in [7, 11) is 6.91. The van der Waals surface area contributed by atoms with Crippen molar-refractivity contribution in [1.29, 1.82) is 5.26 Å². The van der Waals surface area contributed by atoms with Crippen LogP contribution in [0.2, 0.25) is 0 Å². The van der Waals surface area contributed by atoms with E-state index in [1.54, 1.807) is 38.5 Å². The van der Waals surface area contributed by atoms with Crippen molar-refractivity contribution >= 4 is 23.0 Å². The van der Waals surface area contributed by atoms with E-state index in [-0.39, 0.29) is 5.69 Å². The average Bonchev–Trinajstić information content (AvgIpc) is 2.65. The van der Waals surface area contributed by atoms with Gasteiger partial charge in [0.15, 0.2) is 0 Å². The van der Waals surface area contributed by atoms with Gasteiger partial charge in [0.1, 0.15) is 11.5 Å². The first kappa shape index (κ1) is 18.8. The Morgan fingerprint density at radius 2 is 1.77 bits per heavy atom. The van der Waals surface area contributed by atoms with Gasteiger partial charge in [-0.15, -0.1) is 0 Å². The van der Waals surface area contributed by atoms with Gasteiger partial charge in [0.05, 0.1) is 36.5 Å². The Labute approximate surface area is 151 Å². The van der Waals surface area contributed by atoms with Crippen LogP contribution >= 0.6 is 0 Å². The monoisotopic (exact) mass is 353 g/mol. The molecular formula is C19H19N3O4. The third kappa shape index (κ3) is 3.92. The van der Waals surface area contributed by atoms with Crippen LogP contribution in [0.25, 0.3) is 11.6 Å². The van der Waals surface area contributed by atoms with Gasteiger partial charge in [0, 0.05) is 37.9 Å². The van der Waals surface area contributed by atoms with Crippen LogP contribution in [0.15, 0.2) is 36.4 Å². The van der Waals surface area contributed by atoms with Gasteiger partial charge < -0.3 is 14.4 Å². The molecule has 0 saturated heterocycles. The van der Waals surface area contributed by atoms with E-state index in [0.29, 0.717) is 28.2 Å². The van der Waals surface area contributed by atoms with Gasteiger partial charge in [-0.1, -0.05) is 0 Å². The Balaban J connectivity index is 2.54. The van der Waals surface area contributed by atoms with Gasteiger partial charge in [-0.2, -0.15) is 5.26 Å². The highest BCUT2D eigenvalue weighted by molar-refractivity contribution is 5.91. The second kappa shape index (κ2) is 8.03. The van der Waals surface area contributed by atoms with Gasteiger partial charge in [0.25, 0.3) is 5.69 Å². The number of rotatable bonds is 6. The summed E-state index contributed by atoms with van der Waals surface area (Å²) in [6, 6.07) is 11.6. The lowest BCUT2D eigenvalue weighted by Gasteiger charge is -2.19. The van der Waals surface area contributed by atoms with Crippen LogP contribution in [-0.2, 0) is 0 Å². The van der Waals surface area contributed by atoms with Crippen molar-refractivity contribution in [2.75, 3.05) is 33.2 Å². The molecule has 7 heteroatoms. The number of hydrogen-bond donors (Lipinski definition) is 0. The molecule has 0 unspecified atom stereocenters. The summed E-state index contributed by atoms with van der Waals surface area (Å²) >= 11 is 0. The highest BCUT2D eigenvalue weighted by Gasteiger charge is 2.13. The maximum atomic E-state index is 10.8. The number of non-ortho nitro benzene ring substituents is 1. The van der Waals surface area contributed by atoms with E-state index in [4.69, 9.17) is 9.47 Å². The zero-order chi connectivity index (χ0) is 19.3. The maximum Gasteiger partial charge on any atom is 0.269 e. The van der Waals surface area contributed by atoms with E-state index < -0.39 is 4.92 Å². The van der Waals surface area contributed by atoms with E-state index in [1.165, 1.54) is 12.1 Å². The summed E-state index contributed by atoms with van der Waals surface area (Å²) < 4.78 is 10.9. The van der Waals surface area contributed by atoms with E-state index in [2.05, 4.69) is 6.07 Å². The first-order valence-electron chi connectivity index (χ1n) is 7.71. The zero-order valence-electron chi connectivity index (χ0n) is 15.0. The van der Waals surface area contributed by atoms with Crippen molar-refractivity contribution in [2.45, 2.75) is 0 Å². The smallest absolute Gasteiger partial charge is 0.269 e. The van der Waals surface area contributed by atoms with Crippen molar-refractivity contribution in [3.63, 3.8) is 0 Å². The summed E-state index contributed by atoms with van der Waals surface area (Å²) in [5.41, 5.74) is 2.43. The Morgan fingerprint density at radius 1 is 1.15 bits per heavy atom. The van der Waals surface area contributed by atoms with Crippen LogP contribution in [0.5, 0.6) is 11.5 Å². The Morgan fingerprint density at radius 3 is 2.23 bits per heavy atom. The number of nitro groups is 1. The molecule has 134 valence electrons. The molecular weight excluding hydrogens is 334 g/mol. The highest BCUT2D eigenvalue weighted by Crippen LogP contribution is 2.36. The van der Waals surface area contributed by atoms with Gasteiger partial charge in [-0.05, 0) is 29.8 Å². The van der Waals surface area contributed by atoms with E-state index in [0.717, 1.165) is 5.69 Å². The van der Waals surface area contributed by atoms with Crippen LogP contribution in [-0.4, -0.2) is 33.2 Å². The number of nitriles is 1. The second-order valence-electron chi connectivity index (χ2n) is 5.63. The lowest BCUT2D eigenvalue weighted by Crippen LogP contribution is -2.10. The predicted octanol–water partition coefficient (Wildman–Crippen LogP) is 3.74. The third-order valence-electron chi connectivity index (χ3n) is 3.82. The number of ether oxygens (including phenoxy) is 2. The number of benzene rings is 2. The average molecular weight is 353 g/mol. The van der Waals surface area contributed by atoms with Crippen LogP contribution in [0.4, 0.5) is 11.4 Å². The van der Waals surface area contributed by atoms with Crippen LogP contribution in [0.3, 0.4) is 0 Å². The third-order valence-corrected chi connectivity index (χ3v) is 3.82. The predicted molar refractivity (Wildman–Crippen MR) is 100 cm³/mol. The topological polar surface area (TPSA) is 88.6 Å². The molecule has 0 aliphatic rings. The Kier molecular flexibility index (Phi) is 5.81. The molecule has 0 N–H and O–H groups in total. The quantitative estimate of drug-likeness (QED) is 0.340. The fraction of sp³-hybridized carbons (Fsp3) is 0.211. The lowest BCUT2D eigenvalue weighted by atomic mass is 10.0. The first-order valence-corrected chi connectivity index (χ1v) is 7.71. The SMILES string of the molecule is COc1cc(N(C)C)c(OC)cc1/C=C(\C#N)c1ccc([N+](=O)[O-])cc1. The molecule has 2 aromatic carbocycles. The fourth-order valence-corrected chi connectivity index (χ4v) is 2.47. The zero-order valence-corrected chi connectivity index (χ0v) is 15.0. The molecule has 0 bridgehead atoms.